The second-order valence-electron chi connectivity index (χ2n) is 8.37. The number of carbonyl (C=O) groups is 1. The number of methoxy groups -OCH3 is 2. The maximum absolute atomic E-state index is 13.6. The lowest BCUT2D eigenvalue weighted by molar-refractivity contribution is 0.0733. The minimum absolute atomic E-state index is 0.0576. The van der Waals surface area contributed by atoms with Gasteiger partial charge in [-0.1, -0.05) is 18.2 Å². The minimum atomic E-state index is 0.0576. The Morgan fingerprint density at radius 3 is 2.45 bits per heavy atom. The number of fused-ring (bicyclic) bond motifs is 1. The summed E-state index contributed by atoms with van der Waals surface area (Å²) >= 11 is 0. The summed E-state index contributed by atoms with van der Waals surface area (Å²) in [6, 6.07) is 12.2. The van der Waals surface area contributed by atoms with Crippen molar-refractivity contribution < 1.29 is 14.3 Å². The van der Waals surface area contributed by atoms with Crippen molar-refractivity contribution in [3.8, 4) is 17.2 Å². The van der Waals surface area contributed by atoms with Gasteiger partial charge >= 0.3 is 0 Å². The first-order chi connectivity index (χ1) is 15.1. The van der Waals surface area contributed by atoms with Crippen molar-refractivity contribution in [1.29, 1.82) is 0 Å². The Bertz CT molecular complexity index is 1150. The molecule has 1 saturated carbocycles. The standard InChI is InChI=1S/C25H27N3O3/c1-16-6-4-5-7-21(16)28-24(17-8-9-17)20(14-26-28)25(29)27-11-10-18-12-22(30-2)23(31-3)13-19(18)15-27/h4-7,12-14,17H,8-11,15H2,1-3H3. The molecule has 6 nitrogen and oxygen atoms in total. The number of hydrogen-bond donors (Lipinski definition) is 0. The summed E-state index contributed by atoms with van der Waals surface area (Å²) < 4.78 is 12.9. The molecular weight excluding hydrogens is 390 g/mol. The molecule has 2 heterocycles. The average molecular weight is 418 g/mol. The number of para-hydroxylation sites is 1. The van der Waals surface area contributed by atoms with Crippen LogP contribution in [0.25, 0.3) is 5.69 Å². The van der Waals surface area contributed by atoms with Crippen LogP contribution in [0.5, 0.6) is 11.5 Å². The van der Waals surface area contributed by atoms with E-state index in [1.165, 1.54) is 5.56 Å². The van der Waals surface area contributed by atoms with Crippen molar-refractivity contribution in [2.75, 3.05) is 20.8 Å². The van der Waals surface area contributed by atoms with Crippen molar-refractivity contribution >= 4 is 5.91 Å². The Hall–Kier alpha value is -3.28. The van der Waals surface area contributed by atoms with Crippen LogP contribution in [0.1, 0.15) is 51.5 Å². The number of amides is 1. The summed E-state index contributed by atoms with van der Waals surface area (Å²) in [5.41, 5.74) is 6.30. The van der Waals surface area contributed by atoms with Gasteiger partial charge in [-0.05, 0) is 61.1 Å². The molecule has 0 saturated heterocycles. The first-order valence-corrected chi connectivity index (χ1v) is 10.8. The summed E-state index contributed by atoms with van der Waals surface area (Å²) in [6.45, 7) is 3.33. The topological polar surface area (TPSA) is 56.6 Å². The molecule has 5 rings (SSSR count). The van der Waals surface area contributed by atoms with Crippen molar-refractivity contribution in [2.24, 2.45) is 0 Å². The molecule has 160 valence electrons. The zero-order valence-electron chi connectivity index (χ0n) is 18.2. The maximum Gasteiger partial charge on any atom is 0.257 e. The van der Waals surface area contributed by atoms with Gasteiger partial charge in [-0.15, -0.1) is 0 Å². The second kappa shape index (κ2) is 7.76. The van der Waals surface area contributed by atoms with Gasteiger partial charge < -0.3 is 14.4 Å². The van der Waals surface area contributed by atoms with Gasteiger partial charge in [-0.25, -0.2) is 4.68 Å². The van der Waals surface area contributed by atoms with Crippen molar-refractivity contribution in [3.63, 3.8) is 0 Å². The monoisotopic (exact) mass is 417 g/mol. The van der Waals surface area contributed by atoms with Gasteiger partial charge in [0.25, 0.3) is 5.91 Å². The van der Waals surface area contributed by atoms with Gasteiger partial charge in [0.2, 0.25) is 0 Å². The van der Waals surface area contributed by atoms with Crippen LogP contribution in [-0.2, 0) is 13.0 Å². The minimum Gasteiger partial charge on any atom is -0.493 e. The molecule has 2 aromatic carbocycles. The lowest BCUT2D eigenvalue weighted by atomic mass is 9.98. The summed E-state index contributed by atoms with van der Waals surface area (Å²) in [5.74, 6) is 1.89. The van der Waals surface area contributed by atoms with Crippen LogP contribution in [0, 0.1) is 6.92 Å². The van der Waals surface area contributed by atoms with E-state index in [-0.39, 0.29) is 5.91 Å². The molecule has 31 heavy (non-hydrogen) atoms. The first kappa shape index (κ1) is 19.7. The van der Waals surface area contributed by atoms with E-state index in [9.17, 15) is 4.79 Å². The number of benzene rings is 2. The highest BCUT2D eigenvalue weighted by atomic mass is 16.5. The predicted octanol–water partition coefficient (Wildman–Crippen LogP) is 4.27. The Morgan fingerprint density at radius 1 is 1.06 bits per heavy atom. The molecule has 0 atom stereocenters. The molecular formula is C25H27N3O3. The SMILES string of the molecule is COc1cc2c(cc1OC)CN(C(=O)c1cnn(-c3ccccc3C)c1C1CC1)CC2. The average Bonchev–Trinajstić information content (AvgIpc) is 3.55. The third-order valence-corrected chi connectivity index (χ3v) is 6.35. The van der Waals surface area contributed by atoms with Gasteiger partial charge in [-0.2, -0.15) is 5.10 Å². The highest BCUT2D eigenvalue weighted by Crippen LogP contribution is 2.43. The van der Waals surface area contributed by atoms with Crippen LogP contribution >= 0.6 is 0 Å². The molecule has 1 aliphatic heterocycles. The summed E-state index contributed by atoms with van der Waals surface area (Å²) in [7, 11) is 3.28. The number of hydrogen-bond acceptors (Lipinski definition) is 4. The Balaban J connectivity index is 1.47. The van der Waals surface area contributed by atoms with Gasteiger partial charge in [0.15, 0.2) is 11.5 Å². The predicted molar refractivity (Wildman–Crippen MR) is 118 cm³/mol. The molecule has 3 aromatic rings. The third-order valence-electron chi connectivity index (χ3n) is 6.35. The first-order valence-electron chi connectivity index (χ1n) is 10.8. The van der Waals surface area contributed by atoms with Gasteiger partial charge in [0.1, 0.15) is 0 Å². The van der Waals surface area contributed by atoms with E-state index in [2.05, 4.69) is 24.2 Å². The quantitative estimate of drug-likeness (QED) is 0.622. The van der Waals surface area contributed by atoms with Crippen LogP contribution in [0.3, 0.4) is 0 Å². The van der Waals surface area contributed by atoms with Crippen LogP contribution in [0.15, 0.2) is 42.6 Å². The van der Waals surface area contributed by atoms with E-state index in [0.29, 0.717) is 24.8 Å². The molecule has 1 fully saturated rings. The zero-order valence-corrected chi connectivity index (χ0v) is 18.2. The molecule has 6 heteroatoms. The third kappa shape index (κ3) is 3.46. The highest BCUT2D eigenvalue weighted by Gasteiger charge is 2.35. The molecule has 1 amide bonds. The largest absolute Gasteiger partial charge is 0.493 e. The summed E-state index contributed by atoms with van der Waals surface area (Å²) in [5, 5.41) is 4.65. The van der Waals surface area contributed by atoms with Crippen molar-refractivity contribution in [2.45, 2.75) is 38.6 Å². The number of aryl methyl sites for hydroxylation is 1. The number of nitrogens with zero attached hydrogens (tertiary/aromatic N) is 3. The molecule has 0 radical (unpaired) electrons. The number of ether oxygens (including phenoxy) is 2. The zero-order chi connectivity index (χ0) is 21.5. The summed E-state index contributed by atoms with van der Waals surface area (Å²) in [4.78, 5) is 15.5. The molecule has 0 N–H and O–H groups in total. The van der Waals surface area contributed by atoms with Crippen LogP contribution in [0.4, 0.5) is 0 Å². The van der Waals surface area contributed by atoms with Gasteiger partial charge in [-0.3, -0.25) is 4.79 Å². The molecule has 0 spiro atoms. The Kier molecular flexibility index (Phi) is 4.93. The van der Waals surface area contributed by atoms with E-state index >= 15 is 0 Å². The molecule has 1 aliphatic carbocycles. The number of aromatic nitrogens is 2. The van der Waals surface area contributed by atoms with Crippen LogP contribution in [-0.4, -0.2) is 41.4 Å². The van der Waals surface area contributed by atoms with E-state index in [4.69, 9.17) is 9.47 Å². The van der Waals surface area contributed by atoms with Crippen LogP contribution < -0.4 is 9.47 Å². The lowest BCUT2D eigenvalue weighted by Crippen LogP contribution is -2.36. The fraction of sp³-hybridized carbons (Fsp3) is 0.360. The smallest absolute Gasteiger partial charge is 0.257 e. The van der Waals surface area contributed by atoms with E-state index in [1.807, 2.05) is 33.8 Å². The lowest BCUT2D eigenvalue weighted by Gasteiger charge is -2.29. The fourth-order valence-electron chi connectivity index (χ4n) is 4.49. The van der Waals surface area contributed by atoms with Gasteiger partial charge in [0.05, 0.1) is 37.4 Å². The molecule has 1 aromatic heterocycles. The molecule has 2 aliphatic rings. The highest BCUT2D eigenvalue weighted by molar-refractivity contribution is 5.95. The summed E-state index contributed by atoms with van der Waals surface area (Å²) in [6.07, 6.45) is 4.77. The number of carbonyl (C=O) groups excluding carboxylic acids is 1. The van der Waals surface area contributed by atoms with Crippen molar-refractivity contribution in [3.05, 3.63) is 70.5 Å². The second-order valence-corrected chi connectivity index (χ2v) is 8.37. The fourth-order valence-corrected chi connectivity index (χ4v) is 4.49. The van der Waals surface area contributed by atoms with Crippen molar-refractivity contribution in [1.82, 2.24) is 14.7 Å². The van der Waals surface area contributed by atoms with Gasteiger partial charge in [0, 0.05) is 19.0 Å². The van der Waals surface area contributed by atoms with Crippen LogP contribution in [0.2, 0.25) is 0 Å². The molecule has 0 bridgehead atoms. The van der Waals surface area contributed by atoms with E-state index in [1.54, 1.807) is 20.4 Å². The number of rotatable bonds is 5. The van der Waals surface area contributed by atoms with E-state index in [0.717, 1.165) is 53.1 Å². The molecule has 0 unspecified atom stereocenters. The maximum atomic E-state index is 13.6. The normalized spacial score (nSPS) is 15.5. The van der Waals surface area contributed by atoms with E-state index < -0.39 is 0 Å². The Labute approximate surface area is 182 Å². The Morgan fingerprint density at radius 2 is 1.77 bits per heavy atom.